The Kier molecular flexibility index (Phi) is 5.28. The number of ketones is 1. The molecule has 0 amide bonds. The fourth-order valence-electron chi connectivity index (χ4n) is 2.10. The lowest BCUT2D eigenvalue weighted by Crippen LogP contribution is -2.02. The Labute approximate surface area is 152 Å². The number of nitrogens with zero attached hydrogens (tertiary/aromatic N) is 3. The number of hydrogen-bond acceptors (Lipinski definition) is 8. The van der Waals surface area contributed by atoms with Gasteiger partial charge in [-0.05, 0) is 36.4 Å². The summed E-state index contributed by atoms with van der Waals surface area (Å²) >= 11 is 1.13. The van der Waals surface area contributed by atoms with Crippen LogP contribution >= 0.6 is 11.8 Å². The molecule has 3 rings (SSSR count). The highest BCUT2D eigenvalue weighted by Crippen LogP contribution is 2.25. The fraction of sp³-hybridized carbons (Fsp3) is 0.118. The number of carbonyl (C=O) groups is 1. The van der Waals surface area contributed by atoms with Gasteiger partial charge in [-0.2, -0.15) is 0 Å². The number of aromatic nitrogens is 2. The zero-order valence-corrected chi connectivity index (χ0v) is 14.4. The van der Waals surface area contributed by atoms with Crippen LogP contribution in [0.1, 0.15) is 10.4 Å². The summed E-state index contributed by atoms with van der Waals surface area (Å²) in [4.78, 5) is 22.4. The summed E-state index contributed by atoms with van der Waals surface area (Å²) in [6.45, 7) is 0. The third-order valence-electron chi connectivity index (χ3n) is 3.47. The molecular weight excluding hydrogens is 358 g/mol. The number of nitro groups is 1. The third-order valence-corrected chi connectivity index (χ3v) is 4.29. The Balaban J connectivity index is 1.62. The maximum absolute atomic E-state index is 12.2. The number of methoxy groups -OCH3 is 1. The topological polar surface area (TPSA) is 108 Å². The monoisotopic (exact) mass is 371 g/mol. The van der Waals surface area contributed by atoms with E-state index < -0.39 is 4.92 Å². The van der Waals surface area contributed by atoms with Gasteiger partial charge in [0.05, 0.1) is 17.8 Å². The van der Waals surface area contributed by atoms with E-state index in [1.165, 1.54) is 24.3 Å². The van der Waals surface area contributed by atoms with Gasteiger partial charge in [-0.15, -0.1) is 10.2 Å². The molecule has 0 spiro atoms. The molecule has 8 nitrogen and oxygen atoms in total. The van der Waals surface area contributed by atoms with Gasteiger partial charge in [0.25, 0.3) is 10.9 Å². The van der Waals surface area contributed by atoms with Crippen LogP contribution in [0.2, 0.25) is 0 Å². The molecule has 0 N–H and O–H groups in total. The van der Waals surface area contributed by atoms with Crippen LogP contribution in [0.3, 0.4) is 0 Å². The van der Waals surface area contributed by atoms with E-state index in [9.17, 15) is 14.9 Å². The predicted molar refractivity (Wildman–Crippen MR) is 94.4 cm³/mol. The van der Waals surface area contributed by atoms with Gasteiger partial charge in [0.1, 0.15) is 5.75 Å². The third kappa shape index (κ3) is 4.06. The minimum atomic E-state index is -0.482. The SMILES string of the molecule is COc1ccc(C(=O)CSc2nnc(-c3ccc([N+](=O)[O-])cc3)o2)cc1. The number of hydrogen-bond donors (Lipinski definition) is 0. The lowest BCUT2D eigenvalue weighted by atomic mass is 10.1. The molecule has 0 saturated heterocycles. The van der Waals surface area contributed by atoms with E-state index in [2.05, 4.69) is 10.2 Å². The van der Waals surface area contributed by atoms with Crippen molar-refractivity contribution >= 4 is 23.2 Å². The van der Waals surface area contributed by atoms with Crippen LogP contribution in [-0.4, -0.2) is 33.8 Å². The minimum absolute atomic E-state index is 0.0204. The summed E-state index contributed by atoms with van der Waals surface area (Å²) in [6.07, 6.45) is 0. The molecule has 2 aromatic carbocycles. The van der Waals surface area contributed by atoms with E-state index in [1.807, 2.05) is 0 Å². The highest BCUT2D eigenvalue weighted by atomic mass is 32.2. The minimum Gasteiger partial charge on any atom is -0.497 e. The number of Topliss-reactive ketones (excluding diaryl/α,β-unsaturated/α-hetero) is 1. The molecule has 0 aliphatic carbocycles. The molecule has 0 saturated carbocycles. The van der Waals surface area contributed by atoms with Gasteiger partial charge >= 0.3 is 0 Å². The molecule has 0 aliphatic heterocycles. The molecular formula is C17H13N3O5S. The molecule has 0 aliphatic rings. The van der Waals surface area contributed by atoms with E-state index in [-0.39, 0.29) is 28.3 Å². The second-order valence-corrected chi connectivity index (χ2v) is 6.04. The molecule has 132 valence electrons. The van der Waals surface area contributed by atoms with Gasteiger partial charge < -0.3 is 9.15 Å². The van der Waals surface area contributed by atoms with E-state index in [0.29, 0.717) is 16.9 Å². The average molecular weight is 371 g/mol. The van der Waals surface area contributed by atoms with Crippen LogP contribution in [0.25, 0.3) is 11.5 Å². The quantitative estimate of drug-likeness (QED) is 0.268. The number of rotatable bonds is 7. The Morgan fingerprint density at radius 2 is 1.85 bits per heavy atom. The lowest BCUT2D eigenvalue weighted by molar-refractivity contribution is -0.384. The van der Waals surface area contributed by atoms with Crippen LogP contribution in [0.4, 0.5) is 5.69 Å². The maximum atomic E-state index is 12.2. The molecule has 0 unspecified atom stereocenters. The van der Waals surface area contributed by atoms with Crippen molar-refractivity contribution in [1.29, 1.82) is 0 Å². The van der Waals surface area contributed by atoms with Crippen LogP contribution in [-0.2, 0) is 0 Å². The van der Waals surface area contributed by atoms with Crippen LogP contribution in [0.5, 0.6) is 5.75 Å². The van der Waals surface area contributed by atoms with Gasteiger partial charge in [0, 0.05) is 23.3 Å². The van der Waals surface area contributed by atoms with Crippen molar-refractivity contribution in [3.05, 3.63) is 64.2 Å². The van der Waals surface area contributed by atoms with Crippen molar-refractivity contribution in [3.63, 3.8) is 0 Å². The summed E-state index contributed by atoms with van der Waals surface area (Å²) in [7, 11) is 1.56. The second kappa shape index (κ2) is 7.79. The predicted octanol–water partition coefficient (Wildman–Crippen LogP) is 3.63. The number of thioether (sulfide) groups is 1. The van der Waals surface area contributed by atoms with Crippen molar-refractivity contribution < 1.29 is 18.9 Å². The zero-order valence-electron chi connectivity index (χ0n) is 13.6. The van der Waals surface area contributed by atoms with Gasteiger partial charge in [-0.3, -0.25) is 14.9 Å². The van der Waals surface area contributed by atoms with E-state index in [4.69, 9.17) is 9.15 Å². The van der Waals surface area contributed by atoms with Gasteiger partial charge in [-0.1, -0.05) is 11.8 Å². The molecule has 1 heterocycles. The number of benzene rings is 2. The summed E-state index contributed by atoms with van der Waals surface area (Å²) < 4.78 is 10.5. The smallest absolute Gasteiger partial charge is 0.277 e. The number of nitro benzene ring substituents is 1. The highest BCUT2D eigenvalue weighted by molar-refractivity contribution is 7.99. The highest BCUT2D eigenvalue weighted by Gasteiger charge is 2.13. The first-order chi connectivity index (χ1) is 12.6. The second-order valence-electron chi connectivity index (χ2n) is 5.12. The maximum Gasteiger partial charge on any atom is 0.277 e. The molecule has 3 aromatic rings. The Morgan fingerprint density at radius 1 is 1.15 bits per heavy atom. The Hall–Kier alpha value is -3.20. The summed E-state index contributed by atoms with van der Waals surface area (Å²) in [5, 5.41) is 18.7. The zero-order chi connectivity index (χ0) is 18.5. The van der Waals surface area contributed by atoms with Crippen molar-refractivity contribution in [3.8, 4) is 17.2 Å². The molecule has 0 atom stereocenters. The van der Waals surface area contributed by atoms with E-state index in [0.717, 1.165) is 11.8 Å². The lowest BCUT2D eigenvalue weighted by Gasteiger charge is -2.01. The van der Waals surface area contributed by atoms with Crippen molar-refractivity contribution in [2.24, 2.45) is 0 Å². The van der Waals surface area contributed by atoms with Crippen LogP contribution in [0.15, 0.2) is 58.2 Å². The largest absolute Gasteiger partial charge is 0.497 e. The van der Waals surface area contributed by atoms with Crippen LogP contribution < -0.4 is 4.74 Å². The van der Waals surface area contributed by atoms with Crippen molar-refractivity contribution in [2.75, 3.05) is 12.9 Å². The van der Waals surface area contributed by atoms with E-state index in [1.54, 1.807) is 31.4 Å². The van der Waals surface area contributed by atoms with Gasteiger partial charge in [0.2, 0.25) is 5.89 Å². The molecule has 0 radical (unpaired) electrons. The van der Waals surface area contributed by atoms with Crippen LogP contribution in [0, 0.1) is 10.1 Å². The Bertz CT molecular complexity index is 922. The average Bonchev–Trinajstić information content (AvgIpc) is 3.15. The van der Waals surface area contributed by atoms with E-state index >= 15 is 0 Å². The number of ether oxygens (including phenoxy) is 1. The molecule has 9 heteroatoms. The molecule has 0 bridgehead atoms. The summed E-state index contributed by atoms with van der Waals surface area (Å²) in [6, 6.07) is 12.6. The first-order valence-electron chi connectivity index (χ1n) is 7.45. The fourth-order valence-corrected chi connectivity index (χ4v) is 2.76. The molecule has 0 fully saturated rings. The van der Waals surface area contributed by atoms with Gasteiger partial charge in [0.15, 0.2) is 5.78 Å². The van der Waals surface area contributed by atoms with Crippen molar-refractivity contribution in [2.45, 2.75) is 5.22 Å². The van der Waals surface area contributed by atoms with Crippen molar-refractivity contribution in [1.82, 2.24) is 10.2 Å². The first kappa shape index (κ1) is 17.6. The summed E-state index contributed by atoms with van der Waals surface area (Å²) in [5.41, 5.74) is 1.11. The summed E-state index contributed by atoms with van der Waals surface area (Å²) in [5.74, 6) is 0.986. The molecule has 26 heavy (non-hydrogen) atoms. The standard InChI is InChI=1S/C17H13N3O5S/c1-24-14-8-4-11(5-9-14)15(21)10-26-17-19-18-16(25-17)12-2-6-13(7-3-12)20(22)23/h2-9H,10H2,1H3. The van der Waals surface area contributed by atoms with Gasteiger partial charge in [-0.25, -0.2) is 0 Å². The first-order valence-corrected chi connectivity index (χ1v) is 8.44. The normalized spacial score (nSPS) is 10.5. The Morgan fingerprint density at radius 3 is 2.46 bits per heavy atom. The number of non-ortho nitro benzene ring substituents is 1. The molecule has 1 aromatic heterocycles. The number of carbonyl (C=O) groups excluding carboxylic acids is 1.